The zero-order valence-electron chi connectivity index (χ0n) is 12.3. The number of hydrogen-bond acceptors (Lipinski definition) is 2. The topological polar surface area (TPSA) is 21.3 Å². The van der Waals surface area contributed by atoms with Crippen molar-refractivity contribution in [3.63, 3.8) is 0 Å². The molecule has 0 spiro atoms. The van der Waals surface area contributed by atoms with Crippen molar-refractivity contribution in [3.05, 3.63) is 35.9 Å². The fourth-order valence-corrected chi connectivity index (χ4v) is 3.32. The molecule has 1 fully saturated rings. The van der Waals surface area contributed by atoms with Crippen LogP contribution in [-0.2, 0) is 4.74 Å². The van der Waals surface area contributed by atoms with Crippen molar-refractivity contribution in [2.24, 2.45) is 0 Å². The number of nitrogens with one attached hydrogen (secondary N) is 1. The summed E-state index contributed by atoms with van der Waals surface area (Å²) in [5.41, 5.74) is 1.37. The molecule has 0 amide bonds. The van der Waals surface area contributed by atoms with E-state index in [-0.39, 0.29) is 5.60 Å². The maximum Gasteiger partial charge on any atom is 0.0876 e. The molecule has 19 heavy (non-hydrogen) atoms. The molecule has 1 unspecified atom stereocenters. The van der Waals surface area contributed by atoms with Gasteiger partial charge in [-0.2, -0.15) is 0 Å². The number of rotatable bonds is 7. The molecule has 0 aliphatic heterocycles. The molecule has 1 aliphatic rings. The molecule has 0 heterocycles. The first-order valence-electron chi connectivity index (χ1n) is 7.74. The zero-order valence-corrected chi connectivity index (χ0v) is 12.3. The maximum absolute atomic E-state index is 6.24. The summed E-state index contributed by atoms with van der Waals surface area (Å²) in [6.07, 6.45) is 6.09. The van der Waals surface area contributed by atoms with Crippen LogP contribution < -0.4 is 5.32 Å². The quantitative estimate of drug-likeness (QED) is 0.798. The molecule has 0 bridgehead atoms. The second-order valence-electron chi connectivity index (χ2n) is 5.50. The van der Waals surface area contributed by atoms with Crippen molar-refractivity contribution < 1.29 is 4.74 Å². The van der Waals surface area contributed by atoms with Crippen LogP contribution in [0.3, 0.4) is 0 Å². The van der Waals surface area contributed by atoms with E-state index in [1.54, 1.807) is 0 Å². The molecule has 0 radical (unpaired) electrons. The van der Waals surface area contributed by atoms with E-state index in [0.29, 0.717) is 6.04 Å². The smallest absolute Gasteiger partial charge is 0.0876 e. The lowest BCUT2D eigenvalue weighted by atomic mass is 9.86. The van der Waals surface area contributed by atoms with Crippen molar-refractivity contribution in [1.29, 1.82) is 0 Å². The third-order valence-corrected chi connectivity index (χ3v) is 4.14. The summed E-state index contributed by atoms with van der Waals surface area (Å²) in [6, 6.07) is 11.1. The second-order valence-corrected chi connectivity index (χ2v) is 5.50. The summed E-state index contributed by atoms with van der Waals surface area (Å²) in [7, 11) is 0. The Bertz CT molecular complexity index is 357. The normalized spacial score (nSPS) is 19.5. The molecule has 1 aromatic carbocycles. The lowest BCUT2D eigenvalue weighted by molar-refractivity contribution is -0.0626. The molecule has 2 rings (SSSR count). The maximum atomic E-state index is 6.24. The van der Waals surface area contributed by atoms with Crippen molar-refractivity contribution in [2.75, 3.05) is 13.2 Å². The number of ether oxygens (including phenoxy) is 1. The van der Waals surface area contributed by atoms with Gasteiger partial charge < -0.3 is 10.1 Å². The molecule has 0 saturated heterocycles. The van der Waals surface area contributed by atoms with Crippen molar-refractivity contribution in [2.45, 2.75) is 57.6 Å². The Kier molecular flexibility index (Phi) is 5.41. The molecule has 1 aliphatic carbocycles. The Balaban J connectivity index is 2.24. The van der Waals surface area contributed by atoms with Gasteiger partial charge >= 0.3 is 0 Å². The molecule has 1 aromatic rings. The van der Waals surface area contributed by atoms with Crippen LogP contribution in [0.4, 0.5) is 0 Å². The fraction of sp³-hybridized carbons (Fsp3) is 0.647. The predicted molar refractivity (Wildman–Crippen MR) is 80.3 cm³/mol. The minimum absolute atomic E-state index is 0.00523. The molecule has 106 valence electrons. The molecular formula is C17H27NO. The number of hydrogen-bond donors (Lipinski definition) is 1. The van der Waals surface area contributed by atoms with Crippen LogP contribution in [0.15, 0.2) is 30.3 Å². The molecule has 1 N–H and O–H groups in total. The summed E-state index contributed by atoms with van der Waals surface area (Å²) in [5.74, 6) is 0. The summed E-state index contributed by atoms with van der Waals surface area (Å²) >= 11 is 0. The monoisotopic (exact) mass is 261 g/mol. The molecule has 1 saturated carbocycles. The first-order valence-corrected chi connectivity index (χ1v) is 7.74. The minimum atomic E-state index is 0.00523. The van der Waals surface area contributed by atoms with Gasteiger partial charge in [0, 0.05) is 6.61 Å². The van der Waals surface area contributed by atoms with Crippen LogP contribution in [0.25, 0.3) is 0 Å². The highest BCUT2D eigenvalue weighted by atomic mass is 16.5. The van der Waals surface area contributed by atoms with Gasteiger partial charge in [-0.1, -0.05) is 50.1 Å². The third-order valence-electron chi connectivity index (χ3n) is 4.14. The van der Waals surface area contributed by atoms with Gasteiger partial charge in [-0.05, 0) is 38.3 Å². The summed E-state index contributed by atoms with van der Waals surface area (Å²) in [5, 5.41) is 3.73. The van der Waals surface area contributed by atoms with E-state index < -0.39 is 0 Å². The van der Waals surface area contributed by atoms with Crippen molar-refractivity contribution in [1.82, 2.24) is 5.32 Å². The molecule has 2 nitrogen and oxygen atoms in total. The molecule has 1 atom stereocenters. The van der Waals surface area contributed by atoms with Crippen LogP contribution in [-0.4, -0.2) is 18.8 Å². The van der Waals surface area contributed by atoms with Crippen LogP contribution in [0.1, 0.15) is 57.6 Å². The lowest BCUT2D eigenvalue weighted by Gasteiger charge is -2.38. The van der Waals surface area contributed by atoms with Gasteiger partial charge in [0.1, 0.15) is 0 Å². The standard InChI is InChI=1S/C17H27NO/c1-3-14-18-16(15-10-6-5-7-11-15)17(19-4-2)12-8-9-13-17/h5-7,10-11,16,18H,3-4,8-9,12-14H2,1-2H3. The highest BCUT2D eigenvalue weighted by Crippen LogP contribution is 2.42. The van der Waals surface area contributed by atoms with E-state index in [0.717, 1.165) is 19.6 Å². The Labute approximate surface area is 117 Å². The van der Waals surface area contributed by atoms with Gasteiger partial charge in [-0.15, -0.1) is 0 Å². The van der Waals surface area contributed by atoms with Crippen molar-refractivity contribution >= 4 is 0 Å². The minimum Gasteiger partial charge on any atom is -0.373 e. The molecule has 0 aromatic heterocycles. The Hall–Kier alpha value is -0.860. The van der Waals surface area contributed by atoms with Gasteiger partial charge in [0.05, 0.1) is 11.6 Å². The molecular weight excluding hydrogens is 234 g/mol. The first-order chi connectivity index (χ1) is 9.32. The van der Waals surface area contributed by atoms with Gasteiger partial charge in [0.2, 0.25) is 0 Å². The van der Waals surface area contributed by atoms with Crippen LogP contribution in [0.2, 0.25) is 0 Å². The van der Waals surface area contributed by atoms with Crippen LogP contribution in [0, 0.1) is 0 Å². The van der Waals surface area contributed by atoms with E-state index in [9.17, 15) is 0 Å². The van der Waals surface area contributed by atoms with Gasteiger partial charge in [-0.3, -0.25) is 0 Å². The predicted octanol–water partition coefficient (Wildman–Crippen LogP) is 4.08. The van der Waals surface area contributed by atoms with Gasteiger partial charge in [0.15, 0.2) is 0 Å². The Morgan fingerprint density at radius 3 is 2.42 bits per heavy atom. The highest BCUT2D eigenvalue weighted by molar-refractivity contribution is 5.23. The van der Waals surface area contributed by atoms with E-state index >= 15 is 0 Å². The van der Waals surface area contributed by atoms with E-state index in [2.05, 4.69) is 49.5 Å². The number of benzene rings is 1. The SMILES string of the molecule is CCCNC(c1ccccc1)C1(OCC)CCCC1. The first kappa shape index (κ1) is 14.5. The van der Waals surface area contributed by atoms with E-state index in [1.165, 1.54) is 31.2 Å². The zero-order chi connectivity index (χ0) is 13.6. The summed E-state index contributed by atoms with van der Waals surface area (Å²) in [6.45, 7) is 6.19. The summed E-state index contributed by atoms with van der Waals surface area (Å²) in [4.78, 5) is 0. The average Bonchev–Trinajstić information content (AvgIpc) is 2.90. The van der Waals surface area contributed by atoms with Crippen LogP contribution in [0.5, 0.6) is 0 Å². The highest BCUT2D eigenvalue weighted by Gasteiger charge is 2.42. The Morgan fingerprint density at radius 2 is 1.84 bits per heavy atom. The fourth-order valence-electron chi connectivity index (χ4n) is 3.32. The third kappa shape index (κ3) is 3.37. The summed E-state index contributed by atoms with van der Waals surface area (Å²) < 4.78 is 6.24. The lowest BCUT2D eigenvalue weighted by Crippen LogP contribution is -2.44. The van der Waals surface area contributed by atoms with Gasteiger partial charge in [0.25, 0.3) is 0 Å². The Morgan fingerprint density at radius 1 is 1.16 bits per heavy atom. The second kappa shape index (κ2) is 7.06. The van der Waals surface area contributed by atoms with Crippen LogP contribution >= 0.6 is 0 Å². The van der Waals surface area contributed by atoms with Gasteiger partial charge in [-0.25, -0.2) is 0 Å². The van der Waals surface area contributed by atoms with E-state index in [4.69, 9.17) is 4.74 Å². The largest absolute Gasteiger partial charge is 0.373 e. The molecule has 2 heteroatoms. The van der Waals surface area contributed by atoms with Crippen molar-refractivity contribution in [3.8, 4) is 0 Å². The average molecular weight is 261 g/mol. The van der Waals surface area contributed by atoms with E-state index in [1.807, 2.05) is 0 Å².